The number of fused-ring (bicyclic) bond motifs is 1. The standard InChI is InChI=1S/C22H28N2O4/c1-15-7-8-18-16(10-15)6-5-9-24(18)14-22(25)23-13-17-11-20(27-3)21(28-4)12-19(17)26-2/h7-8,10-12H,5-6,9,13-14H2,1-4H3,(H,23,25). The number of anilines is 1. The molecule has 0 fully saturated rings. The first kappa shape index (κ1) is 19.9. The minimum absolute atomic E-state index is 0.0229. The molecule has 2 aromatic rings. The second-order valence-corrected chi connectivity index (χ2v) is 6.95. The zero-order valence-electron chi connectivity index (χ0n) is 17.0. The van der Waals surface area contributed by atoms with Crippen LogP contribution in [0, 0.1) is 6.92 Å². The van der Waals surface area contributed by atoms with Crippen molar-refractivity contribution in [2.24, 2.45) is 0 Å². The lowest BCUT2D eigenvalue weighted by molar-refractivity contribution is -0.119. The normalized spacial score (nSPS) is 12.9. The van der Waals surface area contributed by atoms with Crippen LogP contribution < -0.4 is 24.4 Å². The highest BCUT2D eigenvalue weighted by molar-refractivity contribution is 5.82. The van der Waals surface area contributed by atoms with Gasteiger partial charge in [-0.1, -0.05) is 17.7 Å². The summed E-state index contributed by atoms with van der Waals surface area (Å²) < 4.78 is 16.1. The molecule has 0 aliphatic carbocycles. The van der Waals surface area contributed by atoms with E-state index in [1.807, 2.05) is 6.07 Å². The number of carbonyl (C=O) groups excluding carboxylic acids is 1. The zero-order valence-corrected chi connectivity index (χ0v) is 17.0. The zero-order chi connectivity index (χ0) is 20.1. The third-order valence-electron chi connectivity index (χ3n) is 5.05. The molecule has 1 heterocycles. The SMILES string of the molecule is COc1cc(OC)c(OC)cc1CNC(=O)CN1CCCc2cc(C)ccc21. The predicted octanol–water partition coefficient (Wildman–Crippen LogP) is 3.09. The van der Waals surface area contributed by atoms with Gasteiger partial charge in [-0.3, -0.25) is 4.79 Å². The van der Waals surface area contributed by atoms with Crippen molar-refractivity contribution >= 4 is 11.6 Å². The number of hydrogen-bond acceptors (Lipinski definition) is 5. The first-order chi connectivity index (χ1) is 13.5. The van der Waals surface area contributed by atoms with Crippen LogP contribution in [0.4, 0.5) is 5.69 Å². The first-order valence-corrected chi connectivity index (χ1v) is 9.45. The Kier molecular flexibility index (Phi) is 6.29. The molecule has 1 N–H and O–H groups in total. The number of carbonyl (C=O) groups is 1. The molecule has 0 bridgehead atoms. The molecule has 6 nitrogen and oxygen atoms in total. The molecule has 0 spiro atoms. The molecule has 0 radical (unpaired) electrons. The molecule has 6 heteroatoms. The van der Waals surface area contributed by atoms with Crippen LogP contribution in [0.1, 0.15) is 23.1 Å². The summed E-state index contributed by atoms with van der Waals surface area (Å²) in [6.07, 6.45) is 2.13. The van der Waals surface area contributed by atoms with Gasteiger partial charge in [0, 0.05) is 30.4 Å². The Bertz CT molecular complexity index is 851. The fourth-order valence-electron chi connectivity index (χ4n) is 3.62. The number of amides is 1. The Hall–Kier alpha value is -2.89. The fourth-order valence-corrected chi connectivity index (χ4v) is 3.62. The summed E-state index contributed by atoms with van der Waals surface area (Å²) in [6, 6.07) is 10.0. The molecule has 150 valence electrons. The van der Waals surface area contributed by atoms with Crippen molar-refractivity contribution in [3.63, 3.8) is 0 Å². The van der Waals surface area contributed by atoms with Gasteiger partial charge in [-0.15, -0.1) is 0 Å². The van der Waals surface area contributed by atoms with Crippen LogP contribution in [0.2, 0.25) is 0 Å². The lowest BCUT2D eigenvalue weighted by Crippen LogP contribution is -2.39. The monoisotopic (exact) mass is 384 g/mol. The fraction of sp³-hybridized carbons (Fsp3) is 0.409. The van der Waals surface area contributed by atoms with Crippen molar-refractivity contribution in [1.29, 1.82) is 0 Å². The third-order valence-corrected chi connectivity index (χ3v) is 5.05. The number of nitrogens with zero attached hydrogens (tertiary/aromatic N) is 1. The van der Waals surface area contributed by atoms with E-state index in [1.54, 1.807) is 27.4 Å². The van der Waals surface area contributed by atoms with Gasteiger partial charge >= 0.3 is 0 Å². The number of methoxy groups -OCH3 is 3. The molecular formula is C22H28N2O4. The van der Waals surface area contributed by atoms with Crippen LogP contribution in [-0.2, 0) is 17.8 Å². The highest BCUT2D eigenvalue weighted by Gasteiger charge is 2.19. The minimum atomic E-state index is -0.0229. The van der Waals surface area contributed by atoms with Crippen molar-refractivity contribution < 1.29 is 19.0 Å². The summed E-state index contributed by atoms with van der Waals surface area (Å²) in [5.41, 5.74) is 4.57. The van der Waals surface area contributed by atoms with Crippen molar-refractivity contribution in [2.75, 3.05) is 39.3 Å². The van der Waals surface area contributed by atoms with E-state index in [0.717, 1.165) is 30.6 Å². The van der Waals surface area contributed by atoms with E-state index < -0.39 is 0 Å². The molecule has 0 unspecified atom stereocenters. The third kappa shape index (κ3) is 4.32. The summed E-state index contributed by atoms with van der Waals surface area (Å²) in [6.45, 7) is 3.69. The van der Waals surface area contributed by atoms with Crippen LogP contribution in [0.15, 0.2) is 30.3 Å². The molecule has 0 atom stereocenters. The molecule has 0 saturated heterocycles. The first-order valence-electron chi connectivity index (χ1n) is 9.45. The summed E-state index contributed by atoms with van der Waals surface area (Å²) in [5, 5.41) is 2.99. The van der Waals surface area contributed by atoms with Crippen molar-refractivity contribution in [3.05, 3.63) is 47.0 Å². The average molecular weight is 384 g/mol. The Morgan fingerprint density at radius 1 is 1.04 bits per heavy atom. The summed E-state index contributed by atoms with van der Waals surface area (Å²) in [4.78, 5) is 14.7. The van der Waals surface area contributed by atoms with E-state index in [-0.39, 0.29) is 5.91 Å². The topological polar surface area (TPSA) is 60.0 Å². The Labute approximate surface area is 166 Å². The van der Waals surface area contributed by atoms with Crippen LogP contribution in [0.5, 0.6) is 17.2 Å². The smallest absolute Gasteiger partial charge is 0.239 e. The van der Waals surface area contributed by atoms with E-state index in [0.29, 0.717) is 30.3 Å². The van der Waals surface area contributed by atoms with E-state index in [2.05, 4.69) is 35.3 Å². The number of ether oxygens (including phenoxy) is 3. The van der Waals surface area contributed by atoms with Gasteiger partial charge in [0.2, 0.25) is 5.91 Å². The molecule has 1 amide bonds. The summed E-state index contributed by atoms with van der Waals surface area (Å²) in [5.74, 6) is 1.82. The summed E-state index contributed by atoms with van der Waals surface area (Å²) in [7, 11) is 4.76. The Morgan fingerprint density at radius 3 is 2.46 bits per heavy atom. The van der Waals surface area contributed by atoms with Crippen LogP contribution in [-0.4, -0.2) is 40.3 Å². The van der Waals surface area contributed by atoms with Gasteiger partial charge < -0.3 is 24.4 Å². The van der Waals surface area contributed by atoms with Gasteiger partial charge in [-0.05, 0) is 37.5 Å². The molecule has 2 aromatic carbocycles. The van der Waals surface area contributed by atoms with Gasteiger partial charge in [0.05, 0.1) is 27.9 Å². The molecule has 3 rings (SSSR count). The molecule has 28 heavy (non-hydrogen) atoms. The lowest BCUT2D eigenvalue weighted by Gasteiger charge is -2.31. The van der Waals surface area contributed by atoms with Crippen molar-refractivity contribution in [2.45, 2.75) is 26.3 Å². The largest absolute Gasteiger partial charge is 0.496 e. The van der Waals surface area contributed by atoms with Gasteiger partial charge in [0.25, 0.3) is 0 Å². The number of aryl methyl sites for hydroxylation is 2. The van der Waals surface area contributed by atoms with Gasteiger partial charge in [-0.2, -0.15) is 0 Å². The minimum Gasteiger partial charge on any atom is -0.496 e. The second kappa shape index (κ2) is 8.87. The highest BCUT2D eigenvalue weighted by Crippen LogP contribution is 2.34. The Morgan fingerprint density at radius 2 is 1.75 bits per heavy atom. The number of benzene rings is 2. The number of rotatable bonds is 7. The molecule has 0 aromatic heterocycles. The maximum Gasteiger partial charge on any atom is 0.239 e. The molecule has 1 aliphatic rings. The quantitative estimate of drug-likeness (QED) is 0.795. The van der Waals surface area contributed by atoms with Crippen molar-refractivity contribution in [3.8, 4) is 17.2 Å². The lowest BCUT2D eigenvalue weighted by atomic mass is 9.99. The van der Waals surface area contributed by atoms with Gasteiger partial charge in [-0.25, -0.2) is 0 Å². The van der Waals surface area contributed by atoms with E-state index >= 15 is 0 Å². The average Bonchev–Trinajstić information content (AvgIpc) is 2.71. The molecule has 1 aliphatic heterocycles. The highest BCUT2D eigenvalue weighted by atomic mass is 16.5. The van der Waals surface area contributed by atoms with E-state index in [9.17, 15) is 4.79 Å². The van der Waals surface area contributed by atoms with Crippen LogP contribution >= 0.6 is 0 Å². The van der Waals surface area contributed by atoms with E-state index in [1.165, 1.54) is 11.1 Å². The number of nitrogens with one attached hydrogen (secondary N) is 1. The van der Waals surface area contributed by atoms with Gasteiger partial charge in [0.15, 0.2) is 11.5 Å². The maximum absolute atomic E-state index is 12.6. The predicted molar refractivity (Wildman–Crippen MR) is 110 cm³/mol. The van der Waals surface area contributed by atoms with Crippen LogP contribution in [0.25, 0.3) is 0 Å². The van der Waals surface area contributed by atoms with Crippen molar-refractivity contribution in [1.82, 2.24) is 5.32 Å². The van der Waals surface area contributed by atoms with Gasteiger partial charge in [0.1, 0.15) is 5.75 Å². The van der Waals surface area contributed by atoms with E-state index in [4.69, 9.17) is 14.2 Å². The Balaban J connectivity index is 1.67. The van der Waals surface area contributed by atoms with Crippen LogP contribution in [0.3, 0.4) is 0 Å². The summed E-state index contributed by atoms with van der Waals surface area (Å²) >= 11 is 0. The second-order valence-electron chi connectivity index (χ2n) is 6.95. The number of hydrogen-bond donors (Lipinski definition) is 1. The molecule has 0 saturated carbocycles. The maximum atomic E-state index is 12.6. The molecular weight excluding hydrogens is 356 g/mol.